The number of nitrogens with one attached hydrogen (secondary N) is 1. The van der Waals surface area contributed by atoms with Crippen LogP contribution in [0.25, 0.3) is 11.6 Å². The first-order valence-electron chi connectivity index (χ1n) is 9.85. The number of nitrogens with zero attached hydrogens (tertiary/aromatic N) is 1. The number of sulfonamides is 1. The molecule has 3 aromatic rings. The lowest BCUT2D eigenvalue weighted by Gasteiger charge is -2.26. The molecule has 1 amide bonds. The van der Waals surface area contributed by atoms with Gasteiger partial charge in [0.05, 0.1) is 36.5 Å². The molecule has 1 fully saturated rings. The van der Waals surface area contributed by atoms with E-state index in [2.05, 4.69) is 5.32 Å². The van der Waals surface area contributed by atoms with Gasteiger partial charge < -0.3 is 14.8 Å². The minimum absolute atomic E-state index is 0.0930. The van der Waals surface area contributed by atoms with E-state index in [1.54, 1.807) is 6.07 Å². The molecule has 7 nitrogen and oxygen atoms in total. The smallest absolute Gasteiger partial charge is 0.257 e. The fourth-order valence-corrected chi connectivity index (χ4v) is 6.10. The molecule has 2 aromatic heterocycles. The van der Waals surface area contributed by atoms with Crippen molar-refractivity contribution < 1.29 is 22.7 Å². The highest BCUT2D eigenvalue weighted by atomic mass is 32.2. The topological polar surface area (TPSA) is 84.9 Å². The van der Waals surface area contributed by atoms with Crippen LogP contribution in [0.5, 0.6) is 5.75 Å². The Bertz CT molecular complexity index is 1200. The summed E-state index contributed by atoms with van der Waals surface area (Å²) < 4.78 is 38.2. The summed E-state index contributed by atoms with van der Waals surface area (Å²) in [5.74, 6) is 0.0287. The van der Waals surface area contributed by atoms with Crippen LogP contribution in [0.2, 0.25) is 0 Å². The Labute approximate surface area is 195 Å². The molecule has 168 valence electrons. The first-order valence-corrected chi connectivity index (χ1v) is 13.1. The molecule has 1 saturated heterocycles. The number of carbonyl (C=O) groups is 1. The normalized spacial score (nSPS) is 15.5. The molecular weight excluding hydrogens is 468 g/mol. The highest BCUT2D eigenvalue weighted by Gasteiger charge is 2.27. The lowest BCUT2D eigenvalue weighted by Crippen LogP contribution is -2.40. The third-order valence-electron chi connectivity index (χ3n) is 4.89. The molecular formula is C22H22N2O5S3. The van der Waals surface area contributed by atoms with Gasteiger partial charge in [-0.1, -0.05) is 12.1 Å². The average Bonchev–Trinajstić information content (AvgIpc) is 3.52. The summed E-state index contributed by atoms with van der Waals surface area (Å²) in [6.45, 7) is 1.30. The average molecular weight is 491 g/mol. The highest BCUT2D eigenvalue weighted by molar-refractivity contribution is 7.89. The first-order chi connectivity index (χ1) is 15.5. The van der Waals surface area contributed by atoms with E-state index in [4.69, 9.17) is 9.47 Å². The molecule has 0 spiro atoms. The number of hydrogen-bond donors (Lipinski definition) is 1. The van der Waals surface area contributed by atoms with Crippen LogP contribution < -0.4 is 10.1 Å². The SMILES string of the molecule is COc1ccc(S(=O)(=O)N2CCOCC2)cc1NC(=O)C(=Cc1cccs1)c1cccs1. The number of amides is 1. The van der Waals surface area contributed by atoms with Crippen molar-refractivity contribution in [3.05, 3.63) is 63.0 Å². The zero-order valence-corrected chi connectivity index (χ0v) is 19.8. The van der Waals surface area contributed by atoms with Crippen molar-refractivity contribution in [2.75, 3.05) is 38.7 Å². The molecule has 0 aliphatic carbocycles. The third-order valence-corrected chi connectivity index (χ3v) is 8.51. The molecule has 0 radical (unpaired) electrons. The standard InChI is InChI=1S/C22H22N2O5S3/c1-28-20-7-6-17(32(26,27)24-8-10-29-11-9-24)15-19(20)23-22(25)18(21-5-3-13-31-21)14-16-4-2-12-30-16/h2-7,12-15H,8-11H2,1H3,(H,23,25). The van der Waals surface area contributed by atoms with E-state index in [9.17, 15) is 13.2 Å². The van der Waals surface area contributed by atoms with E-state index in [0.717, 1.165) is 9.75 Å². The van der Waals surface area contributed by atoms with Gasteiger partial charge in [-0.3, -0.25) is 4.79 Å². The van der Waals surface area contributed by atoms with Crippen molar-refractivity contribution in [3.63, 3.8) is 0 Å². The number of carbonyl (C=O) groups excluding carboxylic acids is 1. The molecule has 10 heteroatoms. The molecule has 0 saturated carbocycles. The zero-order valence-electron chi connectivity index (χ0n) is 17.3. The number of anilines is 1. The van der Waals surface area contributed by atoms with Gasteiger partial charge in [0.1, 0.15) is 5.75 Å². The van der Waals surface area contributed by atoms with Crippen LogP contribution in [0, 0.1) is 0 Å². The predicted molar refractivity (Wildman–Crippen MR) is 128 cm³/mol. The molecule has 4 rings (SSSR count). The van der Waals surface area contributed by atoms with Crippen molar-refractivity contribution >= 4 is 55.9 Å². The summed E-state index contributed by atoms with van der Waals surface area (Å²) in [6, 6.07) is 12.1. The van der Waals surface area contributed by atoms with Gasteiger partial charge in [-0.05, 0) is 47.2 Å². The van der Waals surface area contributed by atoms with E-state index in [1.807, 2.05) is 41.1 Å². The van der Waals surface area contributed by atoms with Crippen LogP contribution >= 0.6 is 22.7 Å². The molecule has 1 N–H and O–H groups in total. The van der Waals surface area contributed by atoms with Gasteiger partial charge >= 0.3 is 0 Å². The minimum Gasteiger partial charge on any atom is -0.495 e. The lowest BCUT2D eigenvalue weighted by molar-refractivity contribution is -0.111. The van der Waals surface area contributed by atoms with Crippen molar-refractivity contribution in [2.24, 2.45) is 0 Å². The van der Waals surface area contributed by atoms with Gasteiger partial charge in [-0.25, -0.2) is 8.42 Å². The number of methoxy groups -OCH3 is 1. The van der Waals surface area contributed by atoms with E-state index in [0.29, 0.717) is 43.3 Å². The number of ether oxygens (including phenoxy) is 2. The monoisotopic (exact) mass is 490 g/mol. The first kappa shape index (κ1) is 22.7. The number of rotatable bonds is 7. The van der Waals surface area contributed by atoms with Gasteiger partial charge in [-0.15, -0.1) is 22.7 Å². The quantitative estimate of drug-likeness (QED) is 0.506. The van der Waals surface area contributed by atoms with Crippen LogP contribution in [-0.4, -0.2) is 52.0 Å². The van der Waals surface area contributed by atoms with E-state index in [-0.39, 0.29) is 10.8 Å². The Morgan fingerprint density at radius 2 is 1.88 bits per heavy atom. The second-order valence-electron chi connectivity index (χ2n) is 6.88. The van der Waals surface area contributed by atoms with Crippen LogP contribution in [0.1, 0.15) is 9.75 Å². The summed E-state index contributed by atoms with van der Waals surface area (Å²) in [6.07, 6.45) is 1.83. The molecule has 0 bridgehead atoms. The summed E-state index contributed by atoms with van der Waals surface area (Å²) in [4.78, 5) is 15.1. The lowest BCUT2D eigenvalue weighted by atomic mass is 10.1. The van der Waals surface area contributed by atoms with Crippen molar-refractivity contribution in [1.29, 1.82) is 0 Å². The van der Waals surface area contributed by atoms with Crippen molar-refractivity contribution in [2.45, 2.75) is 4.90 Å². The fraction of sp³-hybridized carbons (Fsp3) is 0.227. The van der Waals surface area contributed by atoms with Crippen LogP contribution in [0.15, 0.2) is 58.1 Å². The molecule has 3 heterocycles. The summed E-state index contributed by atoms with van der Waals surface area (Å²) in [7, 11) is -2.24. The molecule has 32 heavy (non-hydrogen) atoms. The van der Waals surface area contributed by atoms with Gasteiger partial charge in [0, 0.05) is 22.8 Å². The number of morpholine rings is 1. The summed E-state index contributed by atoms with van der Waals surface area (Å²) in [5.41, 5.74) is 0.784. The van der Waals surface area contributed by atoms with Crippen LogP contribution in [-0.2, 0) is 19.6 Å². The van der Waals surface area contributed by atoms with Gasteiger partial charge in [-0.2, -0.15) is 4.31 Å². The molecule has 1 aliphatic rings. The Morgan fingerprint density at radius 1 is 1.12 bits per heavy atom. The van der Waals surface area contributed by atoms with Gasteiger partial charge in [0.15, 0.2) is 0 Å². The second-order valence-corrected chi connectivity index (χ2v) is 10.7. The van der Waals surface area contributed by atoms with Crippen LogP contribution in [0.4, 0.5) is 5.69 Å². The van der Waals surface area contributed by atoms with Gasteiger partial charge in [0.2, 0.25) is 10.0 Å². The number of hydrogen-bond acceptors (Lipinski definition) is 7. The van der Waals surface area contributed by atoms with E-state index in [1.165, 1.54) is 46.2 Å². The van der Waals surface area contributed by atoms with Crippen molar-refractivity contribution in [3.8, 4) is 5.75 Å². The summed E-state index contributed by atoms with van der Waals surface area (Å²) >= 11 is 2.99. The van der Waals surface area contributed by atoms with Gasteiger partial charge in [0.25, 0.3) is 5.91 Å². The zero-order chi connectivity index (χ0) is 22.6. The Hall–Kier alpha value is -2.50. The molecule has 1 aliphatic heterocycles. The Morgan fingerprint density at radius 3 is 2.53 bits per heavy atom. The number of benzene rings is 1. The Kier molecular flexibility index (Phi) is 7.07. The summed E-state index contributed by atoms with van der Waals surface area (Å²) in [5, 5.41) is 6.70. The van der Waals surface area contributed by atoms with Crippen molar-refractivity contribution in [1.82, 2.24) is 4.31 Å². The molecule has 0 atom stereocenters. The maximum absolute atomic E-state index is 13.3. The number of thiophene rings is 2. The second kappa shape index (κ2) is 9.97. The van der Waals surface area contributed by atoms with Crippen LogP contribution in [0.3, 0.4) is 0 Å². The largest absolute Gasteiger partial charge is 0.495 e. The highest BCUT2D eigenvalue weighted by Crippen LogP contribution is 2.32. The predicted octanol–water partition coefficient (Wildman–Crippen LogP) is 4.02. The molecule has 0 unspecified atom stereocenters. The maximum Gasteiger partial charge on any atom is 0.257 e. The maximum atomic E-state index is 13.3. The molecule has 1 aromatic carbocycles. The van der Waals surface area contributed by atoms with E-state index < -0.39 is 10.0 Å². The Balaban J connectivity index is 1.66. The van der Waals surface area contributed by atoms with E-state index >= 15 is 0 Å². The third kappa shape index (κ3) is 4.94. The minimum atomic E-state index is -3.71. The fourth-order valence-electron chi connectivity index (χ4n) is 3.27.